The van der Waals surface area contributed by atoms with Crippen LogP contribution in [0, 0.1) is 0 Å². The van der Waals surface area contributed by atoms with Crippen LogP contribution in [0.2, 0.25) is 0 Å². The number of nitrogens with one attached hydrogen (secondary N) is 1. The number of amides is 2. The largest absolute Gasteiger partial charge is 0.493 e. The number of methoxy groups -OCH3 is 3. The van der Waals surface area contributed by atoms with E-state index in [4.69, 9.17) is 14.2 Å². The second-order valence-corrected chi connectivity index (χ2v) is 8.37. The highest BCUT2D eigenvalue weighted by Crippen LogP contribution is 2.43. The van der Waals surface area contributed by atoms with E-state index in [2.05, 4.69) is 12.2 Å². The first-order chi connectivity index (χ1) is 17.0. The molecule has 3 aromatic carbocycles. The summed E-state index contributed by atoms with van der Waals surface area (Å²) < 4.78 is 16.5. The summed E-state index contributed by atoms with van der Waals surface area (Å²) in [6.07, 6.45) is 0.989. The van der Waals surface area contributed by atoms with Gasteiger partial charge in [-0.1, -0.05) is 37.3 Å². The Bertz CT molecular complexity index is 1200. The van der Waals surface area contributed by atoms with Crippen LogP contribution in [0.3, 0.4) is 0 Å². The Morgan fingerprint density at radius 1 is 0.971 bits per heavy atom. The molecule has 1 aliphatic rings. The molecule has 1 N–H and O–H groups in total. The molecule has 7 heteroatoms. The Morgan fingerprint density at radius 2 is 1.63 bits per heavy atom. The maximum Gasteiger partial charge on any atom is 0.255 e. The van der Waals surface area contributed by atoms with Gasteiger partial charge in [-0.05, 0) is 53.4 Å². The normalized spacial score (nSPS) is 13.3. The van der Waals surface area contributed by atoms with Crippen LogP contribution in [0.5, 0.6) is 17.2 Å². The first-order valence-electron chi connectivity index (χ1n) is 11.6. The molecule has 3 aromatic rings. The third-order valence-electron chi connectivity index (χ3n) is 6.32. The SMILES string of the molecule is CCc1ccc(NC(=O)C[C@H](c2cc(OC)c(OC)c(OC)c2)N2Cc3ccccc3C2=O)cc1. The van der Waals surface area contributed by atoms with Gasteiger partial charge in [0, 0.05) is 17.8 Å². The topological polar surface area (TPSA) is 77.1 Å². The van der Waals surface area contributed by atoms with Crippen LogP contribution in [-0.4, -0.2) is 38.0 Å². The van der Waals surface area contributed by atoms with Gasteiger partial charge < -0.3 is 24.4 Å². The van der Waals surface area contributed by atoms with Gasteiger partial charge in [-0.2, -0.15) is 0 Å². The summed E-state index contributed by atoms with van der Waals surface area (Å²) in [5.74, 6) is 1.07. The van der Waals surface area contributed by atoms with E-state index >= 15 is 0 Å². The molecule has 0 unspecified atom stereocenters. The maximum atomic E-state index is 13.4. The van der Waals surface area contributed by atoms with Crippen molar-refractivity contribution in [2.24, 2.45) is 0 Å². The molecule has 182 valence electrons. The van der Waals surface area contributed by atoms with Crippen LogP contribution in [-0.2, 0) is 17.8 Å². The molecule has 0 spiro atoms. The molecular formula is C28H30N2O5. The van der Waals surface area contributed by atoms with E-state index < -0.39 is 6.04 Å². The minimum absolute atomic E-state index is 0.0634. The van der Waals surface area contributed by atoms with Crippen molar-refractivity contribution in [2.45, 2.75) is 32.4 Å². The molecule has 1 atom stereocenters. The van der Waals surface area contributed by atoms with Gasteiger partial charge in [0.25, 0.3) is 5.91 Å². The van der Waals surface area contributed by atoms with Crippen LogP contribution in [0.4, 0.5) is 5.69 Å². The molecule has 7 nitrogen and oxygen atoms in total. The smallest absolute Gasteiger partial charge is 0.255 e. The fourth-order valence-electron chi connectivity index (χ4n) is 4.44. The third kappa shape index (κ3) is 4.94. The van der Waals surface area contributed by atoms with Crippen molar-refractivity contribution in [3.05, 3.63) is 82.9 Å². The summed E-state index contributed by atoms with van der Waals surface area (Å²) in [4.78, 5) is 28.3. The number of anilines is 1. The number of hydrogen-bond acceptors (Lipinski definition) is 5. The monoisotopic (exact) mass is 474 g/mol. The minimum Gasteiger partial charge on any atom is -0.493 e. The molecule has 0 aliphatic carbocycles. The van der Waals surface area contributed by atoms with Crippen LogP contribution < -0.4 is 19.5 Å². The van der Waals surface area contributed by atoms with Crippen molar-refractivity contribution < 1.29 is 23.8 Å². The van der Waals surface area contributed by atoms with Gasteiger partial charge >= 0.3 is 0 Å². The predicted molar refractivity (Wildman–Crippen MR) is 134 cm³/mol. The number of carbonyl (C=O) groups excluding carboxylic acids is 2. The fraction of sp³-hybridized carbons (Fsp3) is 0.286. The summed E-state index contributed by atoms with van der Waals surface area (Å²) in [6.45, 7) is 2.50. The lowest BCUT2D eigenvalue weighted by molar-refractivity contribution is -0.117. The molecule has 35 heavy (non-hydrogen) atoms. The Labute approximate surface area is 205 Å². The Morgan fingerprint density at radius 3 is 2.20 bits per heavy atom. The molecular weight excluding hydrogens is 444 g/mol. The minimum atomic E-state index is -0.543. The van der Waals surface area contributed by atoms with Crippen molar-refractivity contribution >= 4 is 17.5 Å². The zero-order chi connectivity index (χ0) is 24.9. The predicted octanol–water partition coefficient (Wildman–Crippen LogP) is 5.00. The Hall–Kier alpha value is -4.00. The molecule has 0 fully saturated rings. The maximum absolute atomic E-state index is 13.4. The molecule has 2 amide bonds. The fourth-order valence-corrected chi connectivity index (χ4v) is 4.44. The quantitative estimate of drug-likeness (QED) is 0.472. The van der Waals surface area contributed by atoms with Crippen molar-refractivity contribution in [1.82, 2.24) is 4.90 Å². The number of aryl methyl sites for hydroxylation is 1. The lowest BCUT2D eigenvalue weighted by atomic mass is 10.00. The van der Waals surface area contributed by atoms with Gasteiger partial charge in [0.05, 0.1) is 33.8 Å². The van der Waals surface area contributed by atoms with E-state index in [1.54, 1.807) is 31.3 Å². The number of ether oxygens (including phenoxy) is 3. The molecule has 0 saturated heterocycles. The number of nitrogens with zero attached hydrogens (tertiary/aromatic N) is 1. The highest BCUT2D eigenvalue weighted by molar-refractivity contribution is 5.99. The van der Waals surface area contributed by atoms with Crippen molar-refractivity contribution in [3.8, 4) is 17.2 Å². The Kier molecular flexibility index (Phi) is 7.25. The van der Waals surface area contributed by atoms with E-state index in [-0.39, 0.29) is 18.2 Å². The van der Waals surface area contributed by atoms with Crippen LogP contribution >= 0.6 is 0 Å². The standard InChI is InChI=1S/C28H30N2O5/c1-5-18-10-12-21(13-11-18)29-26(31)16-23(30-17-19-8-6-7-9-22(19)28(30)32)20-14-24(33-2)27(35-4)25(15-20)34-3/h6-15,23H,5,16-17H2,1-4H3,(H,29,31)/t23-/m1/s1. The van der Waals surface area contributed by atoms with E-state index in [1.807, 2.05) is 48.5 Å². The van der Waals surface area contributed by atoms with Crippen molar-refractivity contribution in [3.63, 3.8) is 0 Å². The third-order valence-corrected chi connectivity index (χ3v) is 6.32. The molecule has 0 bridgehead atoms. The van der Waals surface area contributed by atoms with Gasteiger partial charge in [-0.3, -0.25) is 9.59 Å². The molecule has 4 rings (SSSR count). The average Bonchev–Trinajstić information content (AvgIpc) is 3.22. The molecule has 1 aliphatic heterocycles. The van der Waals surface area contributed by atoms with Crippen LogP contribution in [0.1, 0.15) is 46.4 Å². The number of benzene rings is 3. The van der Waals surface area contributed by atoms with Gasteiger partial charge in [-0.15, -0.1) is 0 Å². The first kappa shape index (κ1) is 24.1. The van der Waals surface area contributed by atoms with E-state index in [0.29, 0.717) is 35.0 Å². The van der Waals surface area contributed by atoms with Gasteiger partial charge in [-0.25, -0.2) is 0 Å². The lowest BCUT2D eigenvalue weighted by Gasteiger charge is -2.29. The zero-order valence-corrected chi connectivity index (χ0v) is 20.5. The summed E-state index contributed by atoms with van der Waals surface area (Å²) in [5.41, 5.74) is 4.22. The second kappa shape index (κ2) is 10.5. The number of carbonyl (C=O) groups is 2. The number of fused-ring (bicyclic) bond motifs is 1. The van der Waals surface area contributed by atoms with Gasteiger partial charge in [0.15, 0.2) is 11.5 Å². The summed E-state index contributed by atoms with van der Waals surface area (Å²) in [5, 5.41) is 2.97. The molecule has 0 saturated carbocycles. The highest BCUT2D eigenvalue weighted by atomic mass is 16.5. The van der Waals surface area contributed by atoms with E-state index in [0.717, 1.165) is 17.5 Å². The Balaban J connectivity index is 1.69. The summed E-state index contributed by atoms with van der Waals surface area (Å²) in [6, 6.07) is 18.3. The number of hydrogen-bond donors (Lipinski definition) is 1. The number of rotatable bonds is 9. The van der Waals surface area contributed by atoms with E-state index in [1.165, 1.54) is 12.7 Å². The highest BCUT2D eigenvalue weighted by Gasteiger charge is 2.35. The average molecular weight is 475 g/mol. The molecule has 1 heterocycles. The van der Waals surface area contributed by atoms with Crippen molar-refractivity contribution in [1.29, 1.82) is 0 Å². The van der Waals surface area contributed by atoms with E-state index in [9.17, 15) is 9.59 Å². The molecule has 0 radical (unpaired) electrons. The van der Waals surface area contributed by atoms with Gasteiger partial charge in [0.1, 0.15) is 0 Å². The first-order valence-corrected chi connectivity index (χ1v) is 11.6. The second-order valence-electron chi connectivity index (χ2n) is 8.37. The molecule has 0 aromatic heterocycles. The van der Waals surface area contributed by atoms with Crippen LogP contribution in [0.25, 0.3) is 0 Å². The van der Waals surface area contributed by atoms with Crippen LogP contribution in [0.15, 0.2) is 60.7 Å². The zero-order valence-electron chi connectivity index (χ0n) is 20.5. The lowest BCUT2D eigenvalue weighted by Crippen LogP contribution is -2.32. The van der Waals surface area contributed by atoms with Gasteiger partial charge in [0.2, 0.25) is 11.7 Å². The summed E-state index contributed by atoms with van der Waals surface area (Å²) >= 11 is 0. The van der Waals surface area contributed by atoms with Crippen molar-refractivity contribution in [2.75, 3.05) is 26.6 Å². The summed E-state index contributed by atoms with van der Waals surface area (Å²) in [7, 11) is 4.62.